The lowest BCUT2D eigenvalue weighted by Crippen LogP contribution is -2.38. The normalized spacial score (nSPS) is 11.9. The van der Waals surface area contributed by atoms with Gasteiger partial charge in [-0.15, -0.1) is 0 Å². The number of rotatable bonds is 3. The Kier molecular flexibility index (Phi) is 3.73. The summed E-state index contributed by atoms with van der Waals surface area (Å²) in [4.78, 5) is 22.0. The van der Waals surface area contributed by atoms with Crippen LogP contribution in [0.25, 0.3) is 0 Å². The van der Waals surface area contributed by atoms with Crippen molar-refractivity contribution in [2.75, 3.05) is 0 Å². The van der Waals surface area contributed by atoms with Crippen molar-refractivity contribution >= 4 is 23.5 Å². The smallest absolute Gasteiger partial charge is 0.325 e. The number of amides is 1. The monoisotopic (exact) mass is 243 g/mol. The van der Waals surface area contributed by atoms with Gasteiger partial charge in [-0.2, -0.15) is 0 Å². The van der Waals surface area contributed by atoms with Crippen molar-refractivity contribution in [3.8, 4) is 5.75 Å². The summed E-state index contributed by atoms with van der Waals surface area (Å²) in [5, 5.41) is 20.0. The van der Waals surface area contributed by atoms with E-state index in [9.17, 15) is 9.59 Å². The highest BCUT2D eigenvalue weighted by atomic mass is 35.5. The van der Waals surface area contributed by atoms with Gasteiger partial charge in [0.1, 0.15) is 11.8 Å². The Bertz CT molecular complexity index is 433. The van der Waals surface area contributed by atoms with E-state index in [1.807, 2.05) is 0 Å². The van der Waals surface area contributed by atoms with Gasteiger partial charge in [-0.25, -0.2) is 0 Å². The highest BCUT2D eigenvalue weighted by Gasteiger charge is 2.15. The molecule has 6 heteroatoms. The zero-order valence-corrected chi connectivity index (χ0v) is 9.15. The summed E-state index contributed by atoms with van der Waals surface area (Å²) >= 11 is 5.61. The Morgan fingerprint density at radius 3 is 2.56 bits per heavy atom. The highest BCUT2D eigenvalue weighted by molar-refractivity contribution is 6.32. The maximum Gasteiger partial charge on any atom is 0.325 e. The van der Waals surface area contributed by atoms with E-state index < -0.39 is 17.9 Å². The molecular weight excluding hydrogens is 234 g/mol. The third-order valence-corrected chi connectivity index (χ3v) is 2.23. The molecule has 0 aromatic heterocycles. The number of carboxylic acids is 1. The fraction of sp³-hybridized carbons (Fsp3) is 0.200. The summed E-state index contributed by atoms with van der Waals surface area (Å²) in [5.41, 5.74) is 0.191. The van der Waals surface area contributed by atoms with E-state index in [4.69, 9.17) is 21.8 Å². The van der Waals surface area contributed by atoms with Crippen molar-refractivity contribution in [3.63, 3.8) is 0 Å². The second-order valence-corrected chi connectivity index (χ2v) is 3.61. The fourth-order valence-electron chi connectivity index (χ4n) is 0.990. The number of nitrogens with one attached hydrogen (secondary N) is 1. The largest absolute Gasteiger partial charge is 0.506 e. The second kappa shape index (κ2) is 4.85. The predicted octanol–water partition coefficient (Wildman–Crippen LogP) is 1.25. The summed E-state index contributed by atoms with van der Waals surface area (Å²) in [6, 6.07) is 2.90. The number of hydrogen-bond acceptors (Lipinski definition) is 3. The number of phenolic OH excluding ortho intramolecular Hbond substituents is 1. The molecule has 0 fully saturated rings. The Balaban J connectivity index is 2.81. The van der Waals surface area contributed by atoms with E-state index in [-0.39, 0.29) is 16.3 Å². The van der Waals surface area contributed by atoms with Crippen molar-refractivity contribution in [2.45, 2.75) is 13.0 Å². The number of carboxylic acid groups (broad SMARTS) is 1. The Morgan fingerprint density at radius 1 is 1.44 bits per heavy atom. The van der Waals surface area contributed by atoms with E-state index in [1.165, 1.54) is 25.1 Å². The molecule has 1 atom stereocenters. The number of benzene rings is 1. The molecule has 1 amide bonds. The molecule has 0 bridgehead atoms. The number of hydrogen-bond donors (Lipinski definition) is 3. The van der Waals surface area contributed by atoms with Gasteiger partial charge in [0, 0.05) is 5.56 Å². The van der Waals surface area contributed by atoms with Crippen LogP contribution in [0.2, 0.25) is 5.02 Å². The van der Waals surface area contributed by atoms with Crippen molar-refractivity contribution in [1.29, 1.82) is 0 Å². The summed E-state index contributed by atoms with van der Waals surface area (Å²) in [5.74, 6) is -1.82. The van der Waals surface area contributed by atoms with Crippen LogP contribution in [0.5, 0.6) is 5.75 Å². The van der Waals surface area contributed by atoms with Crippen molar-refractivity contribution in [2.24, 2.45) is 0 Å². The first-order valence-corrected chi connectivity index (χ1v) is 4.82. The molecule has 0 aliphatic carbocycles. The maximum atomic E-state index is 11.5. The topological polar surface area (TPSA) is 86.6 Å². The molecule has 1 rings (SSSR count). The van der Waals surface area contributed by atoms with Crippen molar-refractivity contribution in [3.05, 3.63) is 28.8 Å². The zero-order valence-electron chi connectivity index (χ0n) is 8.40. The van der Waals surface area contributed by atoms with Gasteiger partial charge < -0.3 is 15.5 Å². The molecule has 1 aromatic carbocycles. The SMILES string of the molecule is C[C@H](NC(=O)c1ccc(O)c(Cl)c1)C(=O)O. The Hall–Kier alpha value is -1.75. The van der Waals surface area contributed by atoms with Gasteiger partial charge in [0.25, 0.3) is 5.91 Å². The molecular formula is C10H10ClNO4. The molecule has 0 aliphatic rings. The van der Waals surface area contributed by atoms with Crippen molar-refractivity contribution in [1.82, 2.24) is 5.32 Å². The molecule has 5 nitrogen and oxygen atoms in total. The zero-order chi connectivity index (χ0) is 12.3. The first-order valence-electron chi connectivity index (χ1n) is 4.44. The van der Waals surface area contributed by atoms with E-state index in [0.717, 1.165) is 0 Å². The third-order valence-electron chi connectivity index (χ3n) is 1.93. The van der Waals surface area contributed by atoms with E-state index in [0.29, 0.717) is 0 Å². The van der Waals surface area contributed by atoms with Crippen LogP contribution in [0, 0.1) is 0 Å². The predicted molar refractivity (Wildman–Crippen MR) is 57.7 cm³/mol. The molecule has 0 heterocycles. The minimum atomic E-state index is -1.13. The summed E-state index contributed by atoms with van der Waals surface area (Å²) in [6.45, 7) is 1.35. The summed E-state index contributed by atoms with van der Waals surface area (Å²) in [7, 11) is 0. The molecule has 0 aliphatic heterocycles. The average Bonchev–Trinajstić information content (AvgIpc) is 2.21. The van der Waals surface area contributed by atoms with Crippen LogP contribution in [-0.4, -0.2) is 28.1 Å². The fourth-order valence-corrected chi connectivity index (χ4v) is 1.17. The Labute approximate surface area is 96.7 Å². The van der Waals surface area contributed by atoms with Crippen LogP contribution in [0.4, 0.5) is 0 Å². The molecule has 0 spiro atoms. The van der Waals surface area contributed by atoms with Gasteiger partial charge in [0.15, 0.2) is 0 Å². The number of halogens is 1. The van der Waals surface area contributed by atoms with E-state index >= 15 is 0 Å². The number of aliphatic carboxylic acids is 1. The standard InChI is InChI=1S/C10H10ClNO4/c1-5(10(15)16)12-9(14)6-2-3-8(13)7(11)4-6/h2-5,13H,1H3,(H,12,14)(H,15,16)/t5-/m0/s1. The van der Waals surface area contributed by atoms with Crippen molar-refractivity contribution < 1.29 is 19.8 Å². The van der Waals surface area contributed by atoms with Gasteiger partial charge in [-0.3, -0.25) is 9.59 Å². The van der Waals surface area contributed by atoms with E-state index in [1.54, 1.807) is 0 Å². The van der Waals surface area contributed by atoms with Crippen LogP contribution >= 0.6 is 11.6 Å². The number of aromatic hydroxyl groups is 1. The van der Waals surface area contributed by atoms with Crippen LogP contribution in [0.3, 0.4) is 0 Å². The van der Waals surface area contributed by atoms with Gasteiger partial charge in [-0.1, -0.05) is 11.6 Å². The molecule has 0 saturated heterocycles. The highest BCUT2D eigenvalue weighted by Crippen LogP contribution is 2.23. The maximum absolute atomic E-state index is 11.5. The third kappa shape index (κ3) is 2.87. The van der Waals surface area contributed by atoms with Crippen LogP contribution in [0.1, 0.15) is 17.3 Å². The van der Waals surface area contributed by atoms with Crippen LogP contribution in [-0.2, 0) is 4.79 Å². The first kappa shape index (κ1) is 12.3. The van der Waals surface area contributed by atoms with Crippen LogP contribution < -0.4 is 5.32 Å². The quantitative estimate of drug-likeness (QED) is 0.746. The summed E-state index contributed by atoms with van der Waals surface area (Å²) < 4.78 is 0. The minimum absolute atomic E-state index is 0.0376. The molecule has 16 heavy (non-hydrogen) atoms. The second-order valence-electron chi connectivity index (χ2n) is 3.20. The van der Waals surface area contributed by atoms with Gasteiger partial charge in [-0.05, 0) is 25.1 Å². The molecule has 0 radical (unpaired) electrons. The molecule has 0 unspecified atom stereocenters. The van der Waals surface area contributed by atoms with E-state index in [2.05, 4.69) is 5.32 Å². The lowest BCUT2D eigenvalue weighted by molar-refractivity contribution is -0.138. The lowest BCUT2D eigenvalue weighted by atomic mass is 10.2. The average molecular weight is 244 g/mol. The Morgan fingerprint density at radius 2 is 2.06 bits per heavy atom. The first-order chi connectivity index (χ1) is 7.41. The summed E-state index contributed by atoms with van der Waals surface area (Å²) in [6.07, 6.45) is 0. The van der Waals surface area contributed by atoms with Gasteiger partial charge in [0.2, 0.25) is 0 Å². The molecule has 1 aromatic rings. The van der Waals surface area contributed by atoms with Gasteiger partial charge in [0.05, 0.1) is 5.02 Å². The molecule has 86 valence electrons. The lowest BCUT2D eigenvalue weighted by Gasteiger charge is -2.09. The molecule has 0 saturated carbocycles. The number of carbonyl (C=O) groups excluding carboxylic acids is 1. The minimum Gasteiger partial charge on any atom is -0.506 e. The van der Waals surface area contributed by atoms with Gasteiger partial charge >= 0.3 is 5.97 Å². The number of carbonyl (C=O) groups is 2. The molecule has 3 N–H and O–H groups in total. The van der Waals surface area contributed by atoms with Crippen LogP contribution in [0.15, 0.2) is 18.2 Å². The number of phenols is 1.